The van der Waals surface area contributed by atoms with Crippen molar-refractivity contribution >= 4 is 22.8 Å². The number of ether oxygens (including phenoxy) is 1. The Bertz CT molecular complexity index is 832. The van der Waals surface area contributed by atoms with Crippen LogP contribution in [0, 0.1) is 13.8 Å². The molecule has 8 heteroatoms. The normalized spacial score (nSPS) is 19.0. The van der Waals surface area contributed by atoms with Crippen LogP contribution in [0.4, 0.5) is 5.95 Å². The van der Waals surface area contributed by atoms with Crippen LogP contribution in [0.15, 0.2) is 23.2 Å². The number of aryl methyl sites for hydroxylation is 2. The van der Waals surface area contributed by atoms with E-state index in [1.807, 2.05) is 6.92 Å². The van der Waals surface area contributed by atoms with Gasteiger partial charge in [0.25, 0.3) is 0 Å². The van der Waals surface area contributed by atoms with Gasteiger partial charge in [-0.05, 0) is 25.5 Å². The standard InChI is InChI=1S/C19H27N7O/c1-14-3-4-16-15(2)22-19(23-17(16)11-14)24-18-20-12-26(13-21-18)6-5-25-7-9-27-10-8-25/h3-4,11H,5-10,12-13H2,1-2H3,(H2,20,21,22,23,24). The zero-order valence-electron chi connectivity index (χ0n) is 16.0. The fourth-order valence-electron chi connectivity index (χ4n) is 3.36. The van der Waals surface area contributed by atoms with Gasteiger partial charge in [-0.15, -0.1) is 0 Å². The van der Waals surface area contributed by atoms with Gasteiger partial charge in [0.1, 0.15) is 0 Å². The van der Waals surface area contributed by atoms with Crippen LogP contribution < -0.4 is 10.6 Å². The van der Waals surface area contributed by atoms with Gasteiger partial charge in [-0.25, -0.2) is 15.0 Å². The highest BCUT2D eigenvalue weighted by atomic mass is 16.5. The summed E-state index contributed by atoms with van der Waals surface area (Å²) in [6, 6.07) is 6.25. The monoisotopic (exact) mass is 369 g/mol. The lowest BCUT2D eigenvalue weighted by Gasteiger charge is -2.31. The second kappa shape index (κ2) is 8.16. The molecule has 1 saturated heterocycles. The van der Waals surface area contributed by atoms with Gasteiger partial charge in [-0.3, -0.25) is 15.1 Å². The highest BCUT2D eigenvalue weighted by Crippen LogP contribution is 2.18. The van der Waals surface area contributed by atoms with Crippen LogP contribution in [0.2, 0.25) is 0 Å². The van der Waals surface area contributed by atoms with Crippen molar-refractivity contribution in [3.63, 3.8) is 0 Å². The maximum atomic E-state index is 5.39. The first-order chi connectivity index (χ1) is 13.2. The summed E-state index contributed by atoms with van der Waals surface area (Å²) in [7, 11) is 0. The predicted octanol–water partition coefficient (Wildman–Crippen LogP) is 1.17. The van der Waals surface area contributed by atoms with Crippen LogP contribution in [-0.4, -0.2) is 78.5 Å². The summed E-state index contributed by atoms with van der Waals surface area (Å²) in [4.78, 5) is 18.5. The van der Waals surface area contributed by atoms with E-state index < -0.39 is 0 Å². The summed E-state index contributed by atoms with van der Waals surface area (Å²) in [6.07, 6.45) is 0. The van der Waals surface area contributed by atoms with Crippen LogP contribution in [0.5, 0.6) is 0 Å². The Hall–Kier alpha value is -2.29. The van der Waals surface area contributed by atoms with E-state index in [2.05, 4.69) is 60.5 Å². The average Bonchev–Trinajstić information content (AvgIpc) is 2.68. The highest BCUT2D eigenvalue weighted by Gasteiger charge is 2.16. The van der Waals surface area contributed by atoms with E-state index in [0.29, 0.717) is 12.6 Å². The molecule has 0 saturated carbocycles. The minimum absolute atomic E-state index is 0.582. The molecule has 3 heterocycles. The number of hydrogen-bond acceptors (Lipinski definition) is 8. The molecule has 4 rings (SSSR count). The van der Waals surface area contributed by atoms with E-state index in [9.17, 15) is 0 Å². The molecule has 2 aliphatic heterocycles. The van der Waals surface area contributed by atoms with Gasteiger partial charge in [0.05, 0.1) is 37.8 Å². The Morgan fingerprint density at radius 1 is 1.11 bits per heavy atom. The molecule has 2 aliphatic rings. The van der Waals surface area contributed by atoms with E-state index >= 15 is 0 Å². The molecular weight excluding hydrogens is 342 g/mol. The smallest absolute Gasteiger partial charge is 0.230 e. The first-order valence-electron chi connectivity index (χ1n) is 9.50. The lowest BCUT2D eigenvalue weighted by atomic mass is 10.1. The quantitative estimate of drug-likeness (QED) is 0.837. The van der Waals surface area contributed by atoms with E-state index in [1.54, 1.807) is 0 Å². The molecule has 8 nitrogen and oxygen atoms in total. The van der Waals surface area contributed by atoms with Crippen LogP contribution in [0.25, 0.3) is 10.9 Å². The number of benzene rings is 1. The molecule has 0 radical (unpaired) electrons. The molecule has 27 heavy (non-hydrogen) atoms. The Kier molecular flexibility index (Phi) is 5.47. The van der Waals surface area contributed by atoms with Crippen molar-refractivity contribution in [2.75, 3.05) is 58.0 Å². The number of aromatic nitrogens is 2. The number of morpholine rings is 1. The van der Waals surface area contributed by atoms with Crippen molar-refractivity contribution in [2.45, 2.75) is 13.8 Å². The molecule has 0 bridgehead atoms. The maximum Gasteiger partial charge on any atom is 0.230 e. The molecule has 0 atom stereocenters. The lowest BCUT2D eigenvalue weighted by Crippen LogP contribution is -2.49. The van der Waals surface area contributed by atoms with Crippen LogP contribution in [0.1, 0.15) is 11.3 Å². The molecule has 0 aliphatic carbocycles. The number of fused-ring (bicyclic) bond motifs is 1. The summed E-state index contributed by atoms with van der Waals surface area (Å²) < 4.78 is 5.39. The van der Waals surface area contributed by atoms with Crippen LogP contribution >= 0.6 is 0 Å². The Labute approximate surface area is 159 Å². The third-order valence-electron chi connectivity index (χ3n) is 5.01. The van der Waals surface area contributed by atoms with Gasteiger partial charge in [-0.2, -0.15) is 0 Å². The number of nitrogens with one attached hydrogen (secondary N) is 2. The second-order valence-electron chi connectivity index (χ2n) is 7.11. The number of anilines is 1. The minimum atomic E-state index is 0.582. The van der Waals surface area contributed by atoms with E-state index in [4.69, 9.17) is 4.74 Å². The van der Waals surface area contributed by atoms with Gasteiger partial charge < -0.3 is 10.1 Å². The second-order valence-corrected chi connectivity index (χ2v) is 7.11. The van der Waals surface area contributed by atoms with Gasteiger partial charge in [0.2, 0.25) is 11.9 Å². The first-order valence-corrected chi connectivity index (χ1v) is 9.50. The fraction of sp³-hybridized carbons (Fsp3) is 0.526. The Morgan fingerprint density at radius 3 is 2.70 bits per heavy atom. The summed E-state index contributed by atoms with van der Waals surface area (Å²) in [5.41, 5.74) is 3.11. The average molecular weight is 369 g/mol. The van der Waals surface area contributed by atoms with E-state index in [1.165, 1.54) is 5.56 Å². The van der Waals surface area contributed by atoms with Crippen LogP contribution in [-0.2, 0) is 4.74 Å². The van der Waals surface area contributed by atoms with Crippen molar-refractivity contribution in [3.05, 3.63) is 29.5 Å². The number of nitrogens with zero attached hydrogens (tertiary/aromatic N) is 5. The summed E-state index contributed by atoms with van der Waals surface area (Å²) in [6.45, 7) is 11.3. The fourth-order valence-corrected chi connectivity index (χ4v) is 3.36. The number of rotatable bonds is 4. The molecule has 0 spiro atoms. The highest BCUT2D eigenvalue weighted by molar-refractivity contribution is 5.93. The van der Waals surface area contributed by atoms with Crippen molar-refractivity contribution in [1.29, 1.82) is 0 Å². The third-order valence-corrected chi connectivity index (χ3v) is 5.01. The summed E-state index contributed by atoms with van der Waals surface area (Å²) in [5, 5.41) is 7.63. The SMILES string of the molecule is Cc1ccc2c(C)nc(NC3=NCN(CCN4CCOCC4)CN3)nc2c1. The number of guanidine groups is 1. The van der Waals surface area contributed by atoms with Crippen molar-refractivity contribution in [3.8, 4) is 0 Å². The first kappa shape index (κ1) is 18.1. The zero-order valence-corrected chi connectivity index (χ0v) is 16.0. The predicted molar refractivity (Wildman–Crippen MR) is 107 cm³/mol. The molecule has 0 unspecified atom stereocenters. The molecule has 0 amide bonds. The molecular formula is C19H27N7O. The van der Waals surface area contributed by atoms with Gasteiger partial charge in [0, 0.05) is 31.6 Å². The van der Waals surface area contributed by atoms with Crippen molar-refractivity contribution in [2.24, 2.45) is 4.99 Å². The minimum Gasteiger partial charge on any atom is -0.379 e. The van der Waals surface area contributed by atoms with Crippen molar-refractivity contribution in [1.82, 2.24) is 25.1 Å². The summed E-state index contributed by atoms with van der Waals surface area (Å²) in [5.74, 6) is 1.31. The van der Waals surface area contributed by atoms with E-state index in [-0.39, 0.29) is 0 Å². The molecule has 1 fully saturated rings. The largest absolute Gasteiger partial charge is 0.379 e. The molecule has 144 valence electrons. The van der Waals surface area contributed by atoms with E-state index in [0.717, 1.165) is 68.6 Å². The van der Waals surface area contributed by atoms with Gasteiger partial charge >= 0.3 is 0 Å². The molecule has 1 aromatic carbocycles. The topological polar surface area (TPSA) is 77.9 Å². The molecule has 1 aromatic heterocycles. The maximum absolute atomic E-state index is 5.39. The number of hydrogen-bond donors (Lipinski definition) is 2. The lowest BCUT2D eigenvalue weighted by molar-refractivity contribution is 0.0331. The van der Waals surface area contributed by atoms with Gasteiger partial charge in [0.15, 0.2) is 0 Å². The molecule has 2 N–H and O–H groups in total. The van der Waals surface area contributed by atoms with Crippen molar-refractivity contribution < 1.29 is 4.74 Å². The Morgan fingerprint density at radius 2 is 1.93 bits per heavy atom. The van der Waals surface area contributed by atoms with Gasteiger partial charge in [-0.1, -0.05) is 12.1 Å². The van der Waals surface area contributed by atoms with Crippen LogP contribution in [0.3, 0.4) is 0 Å². The molecule has 2 aromatic rings. The summed E-state index contributed by atoms with van der Waals surface area (Å²) >= 11 is 0. The zero-order chi connectivity index (χ0) is 18.6. The Balaban J connectivity index is 1.35. The third kappa shape index (κ3) is 4.52. The number of aliphatic imine (C=N–C) groups is 1.